The number of ether oxygens (including phenoxy) is 1. The maximum absolute atomic E-state index is 9.08. The number of aliphatic hydroxyl groups is 1. The number of rotatable bonds is 6. The predicted octanol–water partition coefficient (Wildman–Crippen LogP) is 3.41. The first kappa shape index (κ1) is 14.5. The third-order valence-corrected chi connectivity index (χ3v) is 3.18. The molecule has 4 nitrogen and oxygen atoms in total. The van der Waals surface area contributed by atoms with Crippen molar-refractivity contribution in [3.63, 3.8) is 0 Å². The van der Waals surface area contributed by atoms with Gasteiger partial charge in [-0.1, -0.05) is 25.5 Å². The van der Waals surface area contributed by atoms with Crippen LogP contribution in [0, 0.1) is 6.92 Å². The third kappa shape index (κ3) is 3.78. The van der Waals surface area contributed by atoms with Crippen molar-refractivity contribution in [2.24, 2.45) is 0 Å². The summed E-state index contributed by atoms with van der Waals surface area (Å²) in [6.07, 6.45) is 5.08. The first-order valence-corrected chi connectivity index (χ1v) is 6.93. The number of hydrogen-bond acceptors (Lipinski definition) is 4. The number of benzene rings is 1. The molecule has 106 valence electrons. The Balaban J connectivity index is 2.04. The molecule has 0 saturated carbocycles. The van der Waals surface area contributed by atoms with E-state index in [4.69, 9.17) is 9.84 Å². The van der Waals surface area contributed by atoms with E-state index in [-0.39, 0.29) is 6.61 Å². The minimum absolute atomic E-state index is 0.0573. The molecule has 1 N–H and O–H groups in total. The molecule has 1 heterocycles. The molecule has 0 amide bonds. The SMILES string of the molecule is CCCCc1ccc(Oc2ncc(CO)c(C)n2)cc1. The van der Waals surface area contributed by atoms with Crippen LogP contribution in [-0.2, 0) is 13.0 Å². The van der Waals surface area contributed by atoms with E-state index in [9.17, 15) is 0 Å². The molecule has 0 bridgehead atoms. The van der Waals surface area contributed by atoms with Crippen molar-refractivity contribution in [2.45, 2.75) is 39.7 Å². The van der Waals surface area contributed by atoms with Crippen molar-refractivity contribution in [1.82, 2.24) is 9.97 Å². The summed E-state index contributed by atoms with van der Waals surface area (Å²) in [5, 5.41) is 9.08. The maximum atomic E-state index is 9.08. The highest BCUT2D eigenvalue weighted by atomic mass is 16.5. The molecular weight excluding hydrogens is 252 g/mol. The van der Waals surface area contributed by atoms with Gasteiger partial charge in [-0.3, -0.25) is 0 Å². The first-order valence-electron chi connectivity index (χ1n) is 6.93. The van der Waals surface area contributed by atoms with Gasteiger partial charge in [0.25, 0.3) is 0 Å². The molecular formula is C16H20N2O2. The summed E-state index contributed by atoms with van der Waals surface area (Å²) >= 11 is 0. The molecule has 0 unspecified atom stereocenters. The second-order valence-corrected chi connectivity index (χ2v) is 4.77. The van der Waals surface area contributed by atoms with Gasteiger partial charge in [0, 0.05) is 11.8 Å². The largest absolute Gasteiger partial charge is 0.424 e. The van der Waals surface area contributed by atoms with Crippen LogP contribution in [0.25, 0.3) is 0 Å². The van der Waals surface area contributed by atoms with Gasteiger partial charge in [0.2, 0.25) is 0 Å². The lowest BCUT2D eigenvalue weighted by Gasteiger charge is -2.07. The molecule has 4 heteroatoms. The van der Waals surface area contributed by atoms with E-state index in [1.54, 1.807) is 6.20 Å². The average Bonchev–Trinajstić information content (AvgIpc) is 2.47. The van der Waals surface area contributed by atoms with Gasteiger partial charge in [0.05, 0.1) is 12.3 Å². The van der Waals surface area contributed by atoms with E-state index < -0.39 is 0 Å². The molecule has 1 aromatic carbocycles. The standard InChI is InChI=1S/C16H20N2O2/c1-3-4-5-13-6-8-15(9-7-13)20-16-17-10-14(11-19)12(2)18-16/h6-10,19H,3-5,11H2,1-2H3. The van der Waals surface area contributed by atoms with E-state index in [0.717, 1.165) is 17.9 Å². The average molecular weight is 272 g/mol. The lowest BCUT2D eigenvalue weighted by atomic mass is 10.1. The molecule has 0 atom stereocenters. The van der Waals surface area contributed by atoms with Crippen LogP contribution in [-0.4, -0.2) is 15.1 Å². The van der Waals surface area contributed by atoms with Gasteiger partial charge in [-0.05, 0) is 37.5 Å². The molecule has 2 aromatic rings. The lowest BCUT2D eigenvalue weighted by Crippen LogP contribution is -1.98. The fourth-order valence-electron chi connectivity index (χ4n) is 1.89. The van der Waals surface area contributed by atoms with E-state index in [0.29, 0.717) is 11.6 Å². The van der Waals surface area contributed by atoms with Gasteiger partial charge in [-0.2, -0.15) is 4.98 Å². The van der Waals surface area contributed by atoms with Gasteiger partial charge in [-0.25, -0.2) is 4.98 Å². The molecule has 20 heavy (non-hydrogen) atoms. The topological polar surface area (TPSA) is 55.2 Å². The van der Waals surface area contributed by atoms with Crippen LogP contribution in [0.15, 0.2) is 30.5 Å². The van der Waals surface area contributed by atoms with E-state index in [2.05, 4.69) is 29.0 Å². The van der Waals surface area contributed by atoms with Gasteiger partial charge in [0.1, 0.15) is 5.75 Å². The van der Waals surface area contributed by atoms with Gasteiger partial charge in [-0.15, -0.1) is 0 Å². The molecule has 0 aliphatic rings. The zero-order chi connectivity index (χ0) is 14.4. The van der Waals surface area contributed by atoms with Crippen LogP contribution in [0.3, 0.4) is 0 Å². The van der Waals surface area contributed by atoms with Gasteiger partial charge < -0.3 is 9.84 Å². The summed E-state index contributed by atoms with van der Waals surface area (Å²) in [4.78, 5) is 8.30. The summed E-state index contributed by atoms with van der Waals surface area (Å²) in [6, 6.07) is 8.31. The fourth-order valence-corrected chi connectivity index (χ4v) is 1.89. The smallest absolute Gasteiger partial charge is 0.322 e. The van der Waals surface area contributed by atoms with E-state index in [1.165, 1.54) is 18.4 Å². The highest BCUT2D eigenvalue weighted by Crippen LogP contribution is 2.19. The van der Waals surface area contributed by atoms with Crippen LogP contribution in [0.2, 0.25) is 0 Å². The van der Waals surface area contributed by atoms with E-state index >= 15 is 0 Å². The Bertz CT molecular complexity index is 553. The molecule has 1 aromatic heterocycles. The molecule has 2 rings (SSSR count). The molecule has 0 fully saturated rings. The second-order valence-electron chi connectivity index (χ2n) is 4.77. The first-order chi connectivity index (χ1) is 9.72. The molecule has 0 saturated heterocycles. The number of aromatic nitrogens is 2. The summed E-state index contributed by atoms with van der Waals surface area (Å²) < 4.78 is 5.61. The summed E-state index contributed by atoms with van der Waals surface area (Å²) in [6.45, 7) is 3.96. The molecule has 0 spiro atoms. The van der Waals surface area contributed by atoms with Crippen molar-refractivity contribution >= 4 is 0 Å². The lowest BCUT2D eigenvalue weighted by molar-refractivity contribution is 0.279. The number of nitrogens with zero attached hydrogens (tertiary/aromatic N) is 2. The highest BCUT2D eigenvalue weighted by molar-refractivity contribution is 5.29. The highest BCUT2D eigenvalue weighted by Gasteiger charge is 2.04. The fraction of sp³-hybridized carbons (Fsp3) is 0.375. The molecule has 0 radical (unpaired) electrons. The summed E-state index contributed by atoms with van der Waals surface area (Å²) in [5.74, 6) is 0.724. The summed E-state index contributed by atoms with van der Waals surface area (Å²) in [7, 11) is 0. The van der Waals surface area contributed by atoms with Crippen LogP contribution in [0.5, 0.6) is 11.8 Å². The number of aryl methyl sites for hydroxylation is 2. The number of aliphatic hydroxyl groups excluding tert-OH is 1. The normalized spacial score (nSPS) is 10.6. The number of hydrogen-bond donors (Lipinski definition) is 1. The van der Waals surface area contributed by atoms with Gasteiger partial charge >= 0.3 is 6.01 Å². The molecule has 0 aliphatic carbocycles. The van der Waals surface area contributed by atoms with Crippen LogP contribution < -0.4 is 4.74 Å². The number of unbranched alkanes of at least 4 members (excludes halogenated alkanes) is 1. The quantitative estimate of drug-likeness (QED) is 0.875. The third-order valence-electron chi connectivity index (χ3n) is 3.18. The van der Waals surface area contributed by atoms with Crippen molar-refractivity contribution in [1.29, 1.82) is 0 Å². The zero-order valence-electron chi connectivity index (χ0n) is 12.0. The monoisotopic (exact) mass is 272 g/mol. The van der Waals surface area contributed by atoms with Crippen molar-refractivity contribution < 1.29 is 9.84 Å². The Morgan fingerprint density at radius 1 is 1.20 bits per heavy atom. The predicted molar refractivity (Wildman–Crippen MR) is 77.8 cm³/mol. The van der Waals surface area contributed by atoms with Gasteiger partial charge in [0.15, 0.2) is 0 Å². The van der Waals surface area contributed by atoms with Crippen molar-refractivity contribution in [3.05, 3.63) is 47.3 Å². The van der Waals surface area contributed by atoms with Crippen molar-refractivity contribution in [2.75, 3.05) is 0 Å². The Morgan fingerprint density at radius 2 is 1.95 bits per heavy atom. The van der Waals surface area contributed by atoms with Crippen LogP contribution in [0.1, 0.15) is 36.6 Å². The van der Waals surface area contributed by atoms with Crippen LogP contribution in [0.4, 0.5) is 0 Å². The summed E-state index contributed by atoms with van der Waals surface area (Å²) in [5.41, 5.74) is 2.76. The van der Waals surface area contributed by atoms with Crippen molar-refractivity contribution in [3.8, 4) is 11.8 Å². The maximum Gasteiger partial charge on any atom is 0.322 e. The molecule has 0 aliphatic heterocycles. The minimum Gasteiger partial charge on any atom is -0.424 e. The zero-order valence-corrected chi connectivity index (χ0v) is 12.0. The Kier molecular flexibility index (Phi) is 5.07. The minimum atomic E-state index is -0.0573. The van der Waals surface area contributed by atoms with E-state index in [1.807, 2.05) is 19.1 Å². The Morgan fingerprint density at radius 3 is 2.55 bits per heavy atom. The second kappa shape index (κ2) is 7.01. The Labute approximate surface area is 119 Å². The Hall–Kier alpha value is -1.94. The van der Waals surface area contributed by atoms with Crippen LogP contribution >= 0.6 is 0 Å².